The van der Waals surface area contributed by atoms with Crippen LogP contribution in [0.1, 0.15) is 34.6 Å². The normalized spacial score (nSPS) is 11.6. The molecule has 132 valence electrons. The van der Waals surface area contributed by atoms with Gasteiger partial charge in [0, 0.05) is 24.2 Å². The molecule has 0 saturated heterocycles. The van der Waals surface area contributed by atoms with E-state index < -0.39 is 10.8 Å². The zero-order valence-corrected chi connectivity index (χ0v) is 14.2. The maximum Gasteiger partial charge on any atom is 0.272 e. The van der Waals surface area contributed by atoms with Crippen LogP contribution < -0.4 is 5.32 Å². The van der Waals surface area contributed by atoms with Crippen molar-refractivity contribution in [2.75, 3.05) is 13.6 Å². The quantitative estimate of drug-likeness (QED) is 0.639. The van der Waals surface area contributed by atoms with Crippen LogP contribution in [-0.4, -0.2) is 35.2 Å². The third kappa shape index (κ3) is 4.23. The van der Waals surface area contributed by atoms with Crippen LogP contribution in [0.2, 0.25) is 0 Å². The Kier molecular flexibility index (Phi) is 5.53. The number of hydrogen-bond donors (Lipinski definition) is 1. The number of nitro groups is 1. The van der Waals surface area contributed by atoms with Gasteiger partial charge in [-0.3, -0.25) is 19.7 Å². The van der Waals surface area contributed by atoms with E-state index in [9.17, 15) is 19.7 Å². The van der Waals surface area contributed by atoms with E-state index in [2.05, 4.69) is 5.32 Å². The van der Waals surface area contributed by atoms with E-state index in [0.717, 1.165) is 0 Å². The molecule has 1 heterocycles. The third-order valence-corrected chi connectivity index (χ3v) is 3.99. The third-order valence-electron chi connectivity index (χ3n) is 3.99. The van der Waals surface area contributed by atoms with Crippen molar-refractivity contribution in [2.45, 2.75) is 19.9 Å². The molecule has 2 aromatic rings. The van der Waals surface area contributed by atoms with Gasteiger partial charge in [-0.1, -0.05) is 0 Å². The molecule has 0 fully saturated rings. The second-order valence-corrected chi connectivity index (χ2v) is 5.64. The van der Waals surface area contributed by atoms with Gasteiger partial charge < -0.3 is 14.6 Å². The average Bonchev–Trinajstić information content (AvgIpc) is 3.12. The number of aryl methyl sites for hydroxylation is 1. The molecule has 8 heteroatoms. The minimum atomic E-state index is -0.508. The minimum absolute atomic E-state index is 0.0559. The van der Waals surface area contributed by atoms with Crippen molar-refractivity contribution < 1.29 is 18.9 Å². The van der Waals surface area contributed by atoms with E-state index in [-0.39, 0.29) is 29.7 Å². The van der Waals surface area contributed by atoms with Gasteiger partial charge in [-0.25, -0.2) is 0 Å². The lowest BCUT2D eigenvalue weighted by molar-refractivity contribution is -0.385. The molecule has 2 amide bonds. The highest BCUT2D eigenvalue weighted by molar-refractivity contribution is 5.96. The fraction of sp³-hybridized carbons (Fsp3) is 0.294. The maximum absolute atomic E-state index is 12.2. The first-order valence-corrected chi connectivity index (χ1v) is 7.63. The summed E-state index contributed by atoms with van der Waals surface area (Å²) < 4.78 is 5.27. The molecular weight excluding hydrogens is 326 g/mol. The van der Waals surface area contributed by atoms with E-state index in [1.165, 1.54) is 29.4 Å². The van der Waals surface area contributed by atoms with Gasteiger partial charge in [-0.05, 0) is 38.1 Å². The molecule has 0 bridgehead atoms. The monoisotopic (exact) mass is 345 g/mol. The molecule has 0 aliphatic carbocycles. The van der Waals surface area contributed by atoms with E-state index in [1.54, 1.807) is 26.1 Å². The summed E-state index contributed by atoms with van der Waals surface area (Å²) in [5, 5.41) is 13.3. The van der Waals surface area contributed by atoms with Gasteiger partial charge in [0.05, 0.1) is 23.8 Å². The summed E-state index contributed by atoms with van der Waals surface area (Å²) >= 11 is 0. The van der Waals surface area contributed by atoms with E-state index >= 15 is 0 Å². The zero-order chi connectivity index (χ0) is 18.6. The Morgan fingerprint density at radius 1 is 1.36 bits per heavy atom. The largest absolute Gasteiger partial charge is 0.467 e. The number of carbonyl (C=O) groups is 2. The maximum atomic E-state index is 12.2. The van der Waals surface area contributed by atoms with Crippen molar-refractivity contribution in [3.05, 3.63) is 63.6 Å². The summed E-state index contributed by atoms with van der Waals surface area (Å²) in [5.74, 6) is -0.102. The van der Waals surface area contributed by atoms with Crippen molar-refractivity contribution in [3.63, 3.8) is 0 Å². The first-order chi connectivity index (χ1) is 11.8. The van der Waals surface area contributed by atoms with Crippen LogP contribution in [0.5, 0.6) is 0 Å². The predicted molar refractivity (Wildman–Crippen MR) is 90.1 cm³/mol. The lowest BCUT2D eigenvalue weighted by Crippen LogP contribution is -2.39. The molecule has 0 aliphatic heterocycles. The summed E-state index contributed by atoms with van der Waals surface area (Å²) in [6.07, 6.45) is 1.53. The van der Waals surface area contributed by atoms with Gasteiger partial charge in [-0.15, -0.1) is 0 Å². The van der Waals surface area contributed by atoms with Crippen LogP contribution in [0.4, 0.5) is 5.69 Å². The molecule has 0 spiro atoms. The second kappa shape index (κ2) is 7.61. The van der Waals surface area contributed by atoms with Crippen LogP contribution in [0.25, 0.3) is 0 Å². The van der Waals surface area contributed by atoms with E-state index in [0.29, 0.717) is 11.3 Å². The second-order valence-electron chi connectivity index (χ2n) is 5.64. The first kappa shape index (κ1) is 18.2. The van der Waals surface area contributed by atoms with Crippen LogP contribution in [0.3, 0.4) is 0 Å². The van der Waals surface area contributed by atoms with Crippen LogP contribution in [0.15, 0.2) is 41.0 Å². The van der Waals surface area contributed by atoms with Crippen molar-refractivity contribution in [2.24, 2.45) is 0 Å². The number of hydrogen-bond acceptors (Lipinski definition) is 5. The number of furan rings is 1. The number of benzene rings is 1. The zero-order valence-electron chi connectivity index (χ0n) is 14.2. The Morgan fingerprint density at radius 3 is 2.64 bits per heavy atom. The molecule has 0 saturated carbocycles. The molecule has 1 N–H and O–H groups in total. The predicted octanol–water partition coefficient (Wildman–Crippen LogP) is 2.45. The molecule has 1 atom stereocenters. The fourth-order valence-electron chi connectivity index (χ4n) is 2.32. The minimum Gasteiger partial charge on any atom is -0.467 e. The van der Waals surface area contributed by atoms with Gasteiger partial charge in [0.1, 0.15) is 5.76 Å². The lowest BCUT2D eigenvalue weighted by atomic mass is 10.1. The van der Waals surface area contributed by atoms with Gasteiger partial charge in [0.25, 0.3) is 11.6 Å². The smallest absolute Gasteiger partial charge is 0.272 e. The number of nitrogens with one attached hydrogen (secondary N) is 1. The van der Waals surface area contributed by atoms with Gasteiger partial charge in [0.15, 0.2) is 0 Å². The SMILES string of the molecule is Cc1cc(C(=O)NCC(=O)N(C)C(C)c2ccco2)ccc1[N+](=O)[O-]. The highest BCUT2D eigenvalue weighted by atomic mass is 16.6. The van der Waals surface area contributed by atoms with Crippen LogP contribution in [0, 0.1) is 17.0 Å². The molecule has 1 aromatic heterocycles. The van der Waals surface area contributed by atoms with Gasteiger partial charge >= 0.3 is 0 Å². The molecule has 0 aliphatic rings. The van der Waals surface area contributed by atoms with Gasteiger partial charge in [-0.2, -0.15) is 0 Å². The number of nitro benzene ring substituents is 1. The summed E-state index contributed by atoms with van der Waals surface area (Å²) in [7, 11) is 1.62. The van der Waals surface area contributed by atoms with E-state index in [1.807, 2.05) is 6.92 Å². The molecule has 0 radical (unpaired) electrons. The highest BCUT2D eigenvalue weighted by Crippen LogP contribution is 2.20. The number of rotatable bonds is 6. The van der Waals surface area contributed by atoms with Crippen molar-refractivity contribution in [3.8, 4) is 0 Å². The molecule has 2 rings (SSSR count). The Bertz CT molecular complexity index is 786. The fourth-order valence-corrected chi connectivity index (χ4v) is 2.32. The highest BCUT2D eigenvalue weighted by Gasteiger charge is 2.20. The molecule has 8 nitrogen and oxygen atoms in total. The Morgan fingerprint density at radius 2 is 2.08 bits per heavy atom. The molecule has 1 aromatic carbocycles. The van der Waals surface area contributed by atoms with Crippen LogP contribution >= 0.6 is 0 Å². The Balaban J connectivity index is 1.96. The number of likely N-dealkylation sites (N-methyl/N-ethyl adjacent to an activating group) is 1. The number of carbonyl (C=O) groups excluding carboxylic acids is 2. The Labute approximate surface area is 144 Å². The Hall–Kier alpha value is -3.16. The summed E-state index contributed by atoms with van der Waals surface area (Å²) in [5.41, 5.74) is 0.588. The number of nitrogens with zero attached hydrogens (tertiary/aromatic N) is 2. The molecular formula is C17H19N3O5. The van der Waals surface area contributed by atoms with Crippen molar-refractivity contribution >= 4 is 17.5 Å². The molecule has 1 unspecified atom stereocenters. The standard InChI is InChI=1S/C17H19N3O5/c1-11-9-13(6-7-14(11)20(23)24)17(22)18-10-16(21)19(3)12(2)15-5-4-8-25-15/h4-9,12H,10H2,1-3H3,(H,18,22). The number of amides is 2. The lowest BCUT2D eigenvalue weighted by Gasteiger charge is -2.23. The first-order valence-electron chi connectivity index (χ1n) is 7.63. The van der Waals surface area contributed by atoms with Crippen LogP contribution in [-0.2, 0) is 4.79 Å². The van der Waals surface area contributed by atoms with Crippen molar-refractivity contribution in [1.29, 1.82) is 0 Å². The topological polar surface area (TPSA) is 106 Å². The average molecular weight is 345 g/mol. The van der Waals surface area contributed by atoms with Crippen molar-refractivity contribution in [1.82, 2.24) is 10.2 Å². The summed E-state index contributed by atoms with van der Waals surface area (Å²) in [6, 6.07) is 7.31. The summed E-state index contributed by atoms with van der Waals surface area (Å²) in [6.45, 7) is 3.19. The van der Waals surface area contributed by atoms with Gasteiger partial charge in [0.2, 0.25) is 5.91 Å². The summed E-state index contributed by atoms with van der Waals surface area (Å²) in [4.78, 5) is 36.1. The molecule has 25 heavy (non-hydrogen) atoms. The van der Waals surface area contributed by atoms with E-state index in [4.69, 9.17) is 4.42 Å².